The molecule has 0 N–H and O–H groups in total. The van der Waals surface area contributed by atoms with E-state index in [1.54, 1.807) is 0 Å². The summed E-state index contributed by atoms with van der Waals surface area (Å²) in [5.41, 5.74) is 11.4. The number of furan rings is 2. The van der Waals surface area contributed by atoms with Gasteiger partial charge in [-0.25, -0.2) is 0 Å². The summed E-state index contributed by atoms with van der Waals surface area (Å²) in [6, 6.07) is 38.8. The van der Waals surface area contributed by atoms with Gasteiger partial charge < -0.3 is 8.83 Å². The summed E-state index contributed by atoms with van der Waals surface area (Å²) in [4.78, 5) is 0. The molecule has 9 rings (SSSR count). The molecule has 5 aromatic carbocycles. The molecule has 0 amide bonds. The number of hydrogen-bond acceptors (Lipinski definition) is 2. The van der Waals surface area contributed by atoms with Crippen LogP contribution in [0.3, 0.4) is 0 Å². The highest BCUT2D eigenvalue weighted by Crippen LogP contribution is 2.52. The Kier molecular flexibility index (Phi) is 4.48. The van der Waals surface area contributed by atoms with E-state index >= 15 is 0 Å². The van der Waals surface area contributed by atoms with Crippen molar-refractivity contribution in [1.29, 1.82) is 0 Å². The first-order valence-corrected chi connectivity index (χ1v) is 13.9. The van der Waals surface area contributed by atoms with Gasteiger partial charge in [-0.1, -0.05) is 115 Å². The fourth-order valence-corrected chi connectivity index (χ4v) is 7.06. The van der Waals surface area contributed by atoms with Gasteiger partial charge in [-0.2, -0.15) is 0 Å². The summed E-state index contributed by atoms with van der Waals surface area (Å²) < 4.78 is 13.1. The molecule has 2 aromatic heterocycles. The molecule has 0 radical (unpaired) electrons. The molecule has 0 bridgehead atoms. The smallest absolute Gasteiger partial charge is 0.147 e. The van der Waals surface area contributed by atoms with Crippen LogP contribution in [-0.2, 0) is 0 Å². The molecule has 0 spiro atoms. The minimum Gasteiger partial charge on any atom is -0.456 e. The van der Waals surface area contributed by atoms with Crippen molar-refractivity contribution < 1.29 is 8.83 Å². The van der Waals surface area contributed by atoms with Crippen LogP contribution in [0.25, 0.3) is 49.5 Å². The van der Waals surface area contributed by atoms with Crippen LogP contribution in [0, 0.1) is 5.92 Å². The van der Waals surface area contributed by atoms with Gasteiger partial charge in [0.1, 0.15) is 22.3 Å². The third kappa shape index (κ3) is 2.93. The Morgan fingerprint density at radius 3 is 2.25 bits per heavy atom. The Morgan fingerprint density at radius 1 is 0.525 bits per heavy atom. The monoisotopic (exact) mass is 512 g/mol. The largest absolute Gasteiger partial charge is 0.456 e. The first-order valence-electron chi connectivity index (χ1n) is 13.9. The predicted octanol–water partition coefficient (Wildman–Crippen LogP) is 10.2. The second kappa shape index (κ2) is 8.21. The molecule has 2 aliphatic rings. The van der Waals surface area contributed by atoms with Crippen molar-refractivity contribution in [2.75, 3.05) is 0 Å². The summed E-state index contributed by atoms with van der Waals surface area (Å²) >= 11 is 0. The maximum absolute atomic E-state index is 6.90. The molecule has 2 atom stereocenters. The molecule has 2 nitrogen and oxygen atoms in total. The van der Waals surface area contributed by atoms with E-state index in [1.807, 2.05) is 12.1 Å². The van der Waals surface area contributed by atoms with Gasteiger partial charge in [-0.05, 0) is 46.0 Å². The van der Waals surface area contributed by atoms with Crippen LogP contribution < -0.4 is 0 Å². The first-order chi connectivity index (χ1) is 19.9. The van der Waals surface area contributed by atoms with Gasteiger partial charge in [0, 0.05) is 33.6 Å². The highest BCUT2D eigenvalue weighted by Gasteiger charge is 2.37. The third-order valence-corrected chi connectivity index (χ3v) is 8.71. The highest BCUT2D eigenvalue weighted by atomic mass is 16.3. The van der Waals surface area contributed by atoms with Crippen LogP contribution in [0.15, 0.2) is 148 Å². The second-order valence-corrected chi connectivity index (χ2v) is 10.8. The van der Waals surface area contributed by atoms with E-state index in [0.29, 0.717) is 0 Å². The Labute approximate surface area is 231 Å². The minimum absolute atomic E-state index is 0.126. The molecule has 2 heteroatoms. The summed E-state index contributed by atoms with van der Waals surface area (Å²) in [6.45, 7) is 0. The molecule has 188 valence electrons. The number of hydrogen-bond donors (Lipinski definition) is 0. The Hall–Kier alpha value is -5.08. The van der Waals surface area contributed by atoms with Gasteiger partial charge in [-0.15, -0.1) is 0 Å². The third-order valence-electron chi connectivity index (χ3n) is 8.71. The van der Waals surface area contributed by atoms with Gasteiger partial charge in [0.2, 0.25) is 0 Å². The van der Waals surface area contributed by atoms with Gasteiger partial charge in [0.05, 0.1) is 5.39 Å². The van der Waals surface area contributed by atoms with E-state index < -0.39 is 0 Å². The van der Waals surface area contributed by atoms with Crippen molar-refractivity contribution >= 4 is 49.5 Å². The SMILES string of the molecule is C1=CC2=C(c3ccccc3)c3ccccc3C(c3cccc4c3oc3c4ccc4oc5ccccc5c43)C2C=C1. The molecule has 0 saturated heterocycles. The summed E-state index contributed by atoms with van der Waals surface area (Å²) in [7, 11) is 0. The van der Waals surface area contributed by atoms with Crippen LogP contribution >= 0.6 is 0 Å². The quantitative estimate of drug-likeness (QED) is 0.230. The Balaban J connectivity index is 1.35. The number of rotatable bonds is 2. The topological polar surface area (TPSA) is 26.3 Å². The van der Waals surface area contributed by atoms with E-state index in [1.165, 1.54) is 33.4 Å². The van der Waals surface area contributed by atoms with E-state index in [0.717, 1.165) is 43.9 Å². The maximum Gasteiger partial charge on any atom is 0.147 e. The molecule has 0 fully saturated rings. The van der Waals surface area contributed by atoms with Crippen LogP contribution in [0.4, 0.5) is 0 Å². The molecule has 2 unspecified atom stereocenters. The molecule has 2 aliphatic carbocycles. The highest BCUT2D eigenvalue weighted by molar-refractivity contribution is 6.22. The van der Waals surface area contributed by atoms with Crippen LogP contribution in [-0.4, -0.2) is 0 Å². The minimum atomic E-state index is 0.126. The standard InChI is InChI=1S/C38H24O2/c1-2-11-23(12-3-1)34-24-13-4-6-15-26(24)35(27-16-7-5-14-25(27)34)31-19-10-18-28-29-21-22-33-36(38(29)40-37(28)31)30-17-8-9-20-32(30)39-33/h1-22,26,35H. The predicted molar refractivity (Wildman–Crippen MR) is 164 cm³/mol. The first kappa shape index (κ1) is 21.8. The van der Waals surface area contributed by atoms with Gasteiger partial charge in [0.25, 0.3) is 0 Å². The zero-order valence-corrected chi connectivity index (χ0v) is 21.7. The van der Waals surface area contributed by atoms with Crippen LogP contribution in [0.5, 0.6) is 0 Å². The van der Waals surface area contributed by atoms with E-state index in [-0.39, 0.29) is 11.8 Å². The van der Waals surface area contributed by atoms with Crippen LogP contribution in [0.1, 0.15) is 28.2 Å². The number of benzene rings is 5. The van der Waals surface area contributed by atoms with Crippen molar-refractivity contribution in [3.05, 3.63) is 161 Å². The molecule has 0 saturated carbocycles. The summed E-state index contributed by atoms with van der Waals surface area (Å²) in [5, 5.41) is 4.41. The van der Waals surface area contributed by atoms with E-state index in [2.05, 4.69) is 121 Å². The molecular formula is C38H24O2. The Bertz CT molecular complexity index is 2220. The van der Waals surface area contributed by atoms with E-state index in [9.17, 15) is 0 Å². The zero-order valence-electron chi connectivity index (χ0n) is 21.7. The van der Waals surface area contributed by atoms with Crippen molar-refractivity contribution in [3.8, 4) is 0 Å². The number of allylic oxidation sites excluding steroid dienone is 5. The summed E-state index contributed by atoms with van der Waals surface area (Å²) in [6.07, 6.45) is 9.03. The lowest BCUT2D eigenvalue weighted by atomic mass is 9.66. The second-order valence-electron chi connectivity index (χ2n) is 10.8. The van der Waals surface area contributed by atoms with Gasteiger partial charge in [0.15, 0.2) is 0 Å². The lowest BCUT2D eigenvalue weighted by molar-refractivity contribution is 0.620. The molecule has 0 aliphatic heterocycles. The van der Waals surface area contributed by atoms with Crippen LogP contribution in [0.2, 0.25) is 0 Å². The van der Waals surface area contributed by atoms with E-state index in [4.69, 9.17) is 8.83 Å². The normalized spacial score (nSPS) is 18.2. The zero-order chi connectivity index (χ0) is 26.2. The van der Waals surface area contributed by atoms with Gasteiger partial charge >= 0.3 is 0 Å². The van der Waals surface area contributed by atoms with Crippen molar-refractivity contribution in [2.45, 2.75) is 5.92 Å². The maximum atomic E-state index is 6.90. The average molecular weight is 513 g/mol. The molecule has 7 aromatic rings. The average Bonchev–Trinajstić information content (AvgIpc) is 3.59. The molecule has 2 heterocycles. The Morgan fingerprint density at radius 2 is 1.30 bits per heavy atom. The fourth-order valence-electron chi connectivity index (χ4n) is 7.06. The van der Waals surface area contributed by atoms with Crippen molar-refractivity contribution in [1.82, 2.24) is 0 Å². The van der Waals surface area contributed by atoms with Crippen molar-refractivity contribution in [2.24, 2.45) is 5.92 Å². The lowest BCUT2D eigenvalue weighted by Gasteiger charge is -2.36. The fraction of sp³-hybridized carbons (Fsp3) is 0.0526. The lowest BCUT2D eigenvalue weighted by Crippen LogP contribution is -2.23. The summed E-state index contributed by atoms with van der Waals surface area (Å²) in [5.74, 6) is 0.324. The molecule has 40 heavy (non-hydrogen) atoms. The van der Waals surface area contributed by atoms with Gasteiger partial charge in [-0.3, -0.25) is 0 Å². The molecular weight excluding hydrogens is 488 g/mol. The number of para-hydroxylation sites is 2. The van der Waals surface area contributed by atoms with Crippen molar-refractivity contribution in [3.63, 3.8) is 0 Å². The number of fused-ring (bicyclic) bond motifs is 9.